The molecule has 34 heavy (non-hydrogen) atoms. The van der Waals surface area contributed by atoms with Crippen molar-refractivity contribution in [2.24, 2.45) is 0 Å². The van der Waals surface area contributed by atoms with Gasteiger partial charge in [0, 0.05) is 22.3 Å². The average molecular weight is 474 g/mol. The maximum Gasteiger partial charge on any atom is 0.332 e. The average Bonchev–Trinajstić information content (AvgIpc) is 3.17. The first-order chi connectivity index (χ1) is 16.1. The van der Waals surface area contributed by atoms with Gasteiger partial charge in [0.1, 0.15) is 5.65 Å². The lowest BCUT2D eigenvalue weighted by Gasteiger charge is -2.19. The van der Waals surface area contributed by atoms with Gasteiger partial charge in [-0.2, -0.15) is 13.7 Å². The highest BCUT2D eigenvalue weighted by Crippen LogP contribution is 2.34. The first kappa shape index (κ1) is 21.9. The van der Waals surface area contributed by atoms with Crippen molar-refractivity contribution in [3.63, 3.8) is 0 Å². The molecule has 5 aromatic rings. The Morgan fingerprint density at radius 1 is 1.06 bits per heavy atom. The number of nitrogens with zero attached hydrogens (tertiary/aromatic N) is 2. The van der Waals surface area contributed by atoms with E-state index in [1.165, 1.54) is 18.2 Å². The molecule has 0 aliphatic carbocycles. The Morgan fingerprint density at radius 3 is 2.50 bits per heavy atom. The van der Waals surface area contributed by atoms with Crippen LogP contribution in [0.1, 0.15) is 31.0 Å². The smallest absolute Gasteiger partial charge is 0.332 e. The summed E-state index contributed by atoms with van der Waals surface area (Å²) in [6.45, 7) is 5.85. The highest BCUT2D eigenvalue weighted by Gasteiger charge is 2.20. The van der Waals surface area contributed by atoms with E-state index in [0.717, 1.165) is 10.9 Å². The van der Waals surface area contributed by atoms with E-state index in [-0.39, 0.29) is 11.5 Å². The van der Waals surface area contributed by atoms with E-state index in [9.17, 15) is 22.4 Å². The van der Waals surface area contributed by atoms with Crippen molar-refractivity contribution >= 4 is 43.1 Å². The van der Waals surface area contributed by atoms with Crippen molar-refractivity contribution in [1.82, 2.24) is 9.55 Å². The number of rotatable bonds is 3. The number of aromatic amines is 1. The Morgan fingerprint density at radius 2 is 1.82 bits per heavy atom. The van der Waals surface area contributed by atoms with Gasteiger partial charge in [-0.25, -0.2) is 0 Å². The first-order valence-electron chi connectivity index (χ1n) is 10.7. The quantitative estimate of drug-likeness (QED) is 0.339. The summed E-state index contributed by atoms with van der Waals surface area (Å²) in [5.41, 5.74) is 4.39. The minimum absolute atomic E-state index is 0.0257. The second-order valence-electron chi connectivity index (χ2n) is 8.66. The van der Waals surface area contributed by atoms with Crippen LogP contribution in [0.15, 0.2) is 64.3 Å². The number of benzene rings is 3. The fourth-order valence-electron chi connectivity index (χ4n) is 4.66. The number of nitriles is 1. The van der Waals surface area contributed by atoms with E-state index in [1.54, 1.807) is 30.3 Å². The molecule has 170 valence electrons. The van der Waals surface area contributed by atoms with E-state index < -0.39 is 15.1 Å². The Kier molecular flexibility index (Phi) is 4.85. The SMILES string of the molecule is Cc1cc2c(=O)c3c4ccc(C#N)cc4[nH]c3n(C(C)C)c2cc1-c1cccc(S(=O)(=O)F)c1. The zero-order valence-electron chi connectivity index (χ0n) is 18.7. The Labute approximate surface area is 195 Å². The lowest BCUT2D eigenvalue weighted by Crippen LogP contribution is -2.13. The zero-order chi connectivity index (χ0) is 24.4. The molecule has 0 saturated heterocycles. The standard InChI is InChI=1S/C26H20FN3O3S/c1-14(2)30-23-12-20(17-5-4-6-18(11-17)34(27,32)33)15(3)9-21(23)25(31)24-19-8-7-16(13-28)10-22(19)29-26(24)30/h4-12,14,29H,1-3H3. The molecule has 2 aromatic heterocycles. The van der Waals surface area contributed by atoms with Gasteiger partial charge in [0.05, 0.1) is 27.4 Å². The van der Waals surface area contributed by atoms with Crippen LogP contribution in [0.2, 0.25) is 0 Å². The molecule has 0 saturated carbocycles. The second-order valence-corrected chi connectivity index (χ2v) is 10.0. The third-order valence-electron chi connectivity index (χ3n) is 6.17. The van der Waals surface area contributed by atoms with Crippen molar-refractivity contribution in [2.75, 3.05) is 0 Å². The molecule has 1 N–H and O–H groups in total. The summed E-state index contributed by atoms with van der Waals surface area (Å²) in [7, 11) is -4.85. The third kappa shape index (κ3) is 3.28. The maximum atomic E-state index is 13.7. The summed E-state index contributed by atoms with van der Waals surface area (Å²) in [5, 5.41) is 11.1. The largest absolute Gasteiger partial charge is 0.340 e. The van der Waals surface area contributed by atoms with E-state index >= 15 is 0 Å². The van der Waals surface area contributed by atoms with Crippen LogP contribution in [0.3, 0.4) is 0 Å². The van der Waals surface area contributed by atoms with Crippen LogP contribution < -0.4 is 5.43 Å². The minimum atomic E-state index is -4.85. The van der Waals surface area contributed by atoms with Crippen molar-refractivity contribution in [3.8, 4) is 17.2 Å². The van der Waals surface area contributed by atoms with Gasteiger partial charge in [-0.05, 0) is 73.9 Å². The number of H-pyrrole nitrogens is 1. The second kappa shape index (κ2) is 7.54. The molecule has 5 rings (SSSR count). The normalized spacial score (nSPS) is 12.1. The summed E-state index contributed by atoms with van der Waals surface area (Å²) < 4.78 is 38.5. The van der Waals surface area contributed by atoms with E-state index in [2.05, 4.69) is 11.1 Å². The summed E-state index contributed by atoms with van der Waals surface area (Å²) in [4.78, 5) is 16.6. The van der Waals surface area contributed by atoms with Crippen LogP contribution in [-0.4, -0.2) is 18.0 Å². The number of pyridine rings is 1. The lowest BCUT2D eigenvalue weighted by atomic mass is 9.97. The van der Waals surface area contributed by atoms with Crippen molar-refractivity contribution in [1.29, 1.82) is 5.26 Å². The van der Waals surface area contributed by atoms with Crippen LogP contribution >= 0.6 is 0 Å². The van der Waals surface area contributed by atoms with Crippen LogP contribution in [0.5, 0.6) is 0 Å². The number of aromatic nitrogens is 2. The fourth-order valence-corrected chi connectivity index (χ4v) is 5.17. The number of nitrogens with one attached hydrogen (secondary N) is 1. The number of fused-ring (bicyclic) bond motifs is 4. The predicted molar refractivity (Wildman–Crippen MR) is 131 cm³/mol. The van der Waals surface area contributed by atoms with E-state index in [0.29, 0.717) is 44.1 Å². The van der Waals surface area contributed by atoms with Gasteiger partial charge in [-0.15, -0.1) is 3.89 Å². The molecule has 0 spiro atoms. The molecule has 0 radical (unpaired) electrons. The monoisotopic (exact) mass is 473 g/mol. The molecule has 6 nitrogen and oxygen atoms in total. The summed E-state index contributed by atoms with van der Waals surface area (Å²) in [5.74, 6) is 0. The van der Waals surface area contributed by atoms with Crippen molar-refractivity contribution in [3.05, 3.63) is 75.9 Å². The Hall–Kier alpha value is -3.96. The molecule has 3 aromatic carbocycles. The first-order valence-corrected chi connectivity index (χ1v) is 12.1. The molecule has 2 heterocycles. The highest BCUT2D eigenvalue weighted by molar-refractivity contribution is 7.86. The van der Waals surface area contributed by atoms with Gasteiger partial charge in [0.15, 0.2) is 5.43 Å². The van der Waals surface area contributed by atoms with Crippen LogP contribution in [0.4, 0.5) is 3.89 Å². The minimum Gasteiger partial charge on any atom is -0.340 e. The van der Waals surface area contributed by atoms with Gasteiger partial charge >= 0.3 is 10.2 Å². The van der Waals surface area contributed by atoms with E-state index in [4.69, 9.17) is 0 Å². The molecular formula is C26H20FN3O3S. The third-order valence-corrected chi connectivity index (χ3v) is 6.98. The Balaban J connectivity index is 1.91. The number of halogens is 1. The van der Waals surface area contributed by atoms with E-state index in [1.807, 2.05) is 31.4 Å². The molecule has 8 heteroatoms. The molecule has 0 unspecified atom stereocenters. The molecule has 0 aliphatic rings. The van der Waals surface area contributed by atoms with Gasteiger partial charge in [0.2, 0.25) is 0 Å². The van der Waals surface area contributed by atoms with Gasteiger partial charge in [0.25, 0.3) is 0 Å². The fraction of sp³-hybridized carbons (Fsp3) is 0.154. The molecule has 0 aliphatic heterocycles. The lowest BCUT2D eigenvalue weighted by molar-refractivity contribution is 0.552. The summed E-state index contributed by atoms with van der Waals surface area (Å²) >= 11 is 0. The summed E-state index contributed by atoms with van der Waals surface area (Å²) in [6.07, 6.45) is 0. The molecular weight excluding hydrogens is 453 g/mol. The van der Waals surface area contributed by atoms with Gasteiger partial charge < -0.3 is 9.55 Å². The number of hydrogen-bond acceptors (Lipinski definition) is 4. The van der Waals surface area contributed by atoms with Crippen molar-refractivity contribution < 1.29 is 12.3 Å². The topological polar surface area (TPSA) is 95.7 Å². The number of hydrogen-bond donors (Lipinski definition) is 1. The molecule has 0 amide bonds. The molecule has 0 bridgehead atoms. The van der Waals surface area contributed by atoms with Crippen molar-refractivity contribution in [2.45, 2.75) is 31.7 Å². The zero-order valence-corrected chi connectivity index (χ0v) is 19.5. The van der Waals surface area contributed by atoms with Crippen LogP contribution in [0, 0.1) is 18.3 Å². The predicted octanol–water partition coefficient (Wildman–Crippen LogP) is 5.72. The molecule has 0 atom stereocenters. The summed E-state index contributed by atoms with van der Waals surface area (Å²) in [6, 6.07) is 16.7. The van der Waals surface area contributed by atoms with Crippen LogP contribution in [-0.2, 0) is 10.2 Å². The van der Waals surface area contributed by atoms with Gasteiger partial charge in [-0.3, -0.25) is 4.79 Å². The number of aryl methyl sites for hydroxylation is 1. The highest BCUT2D eigenvalue weighted by atomic mass is 32.3. The van der Waals surface area contributed by atoms with Crippen LogP contribution in [0.25, 0.3) is 44.0 Å². The molecule has 0 fully saturated rings. The maximum absolute atomic E-state index is 13.7. The van der Waals surface area contributed by atoms with Gasteiger partial charge in [-0.1, -0.05) is 18.2 Å². The Bertz CT molecular complexity index is 1860.